The summed E-state index contributed by atoms with van der Waals surface area (Å²) < 4.78 is 0. The van der Waals surface area contributed by atoms with E-state index in [2.05, 4.69) is 10.3 Å². The Morgan fingerprint density at radius 3 is 3.00 bits per heavy atom. The van der Waals surface area contributed by atoms with Crippen LogP contribution in [-0.4, -0.2) is 34.3 Å². The molecule has 3 N–H and O–H groups in total. The zero-order chi connectivity index (χ0) is 8.97. The molecule has 0 saturated heterocycles. The van der Waals surface area contributed by atoms with Gasteiger partial charge in [0.2, 0.25) is 0 Å². The molecule has 0 saturated carbocycles. The fourth-order valence-corrected chi connectivity index (χ4v) is 1.33. The number of aromatic nitrogens is 1. The van der Waals surface area contributed by atoms with E-state index in [1.165, 1.54) is 16.7 Å². The van der Waals surface area contributed by atoms with Crippen LogP contribution >= 0.6 is 11.3 Å². The lowest BCUT2D eigenvalue weighted by Gasteiger charge is -1.95. The summed E-state index contributed by atoms with van der Waals surface area (Å²) in [6.07, 6.45) is 0. The molecule has 0 aliphatic rings. The minimum Gasteiger partial charge on any atom is -0.476 e. The lowest BCUT2D eigenvalue weighted by Crippen LogP contribution is -2.05. The smallest absolute Gasteiger partial charge is 0.355 e. The zero-order valence-electron chi connectivity index (χ0n) is 6.15. The quantitative estimate of drug-likeness (QED) is 0.630. The topological polar surface area (TPSA) is 82.5 Å². The third-order valence-electron chi connectivity index (χ3n) is 1.11. The molecule has 12 heavy (non-hydrogen) atoms. The first-order chi connectivity index (χ1) is 5.74. The van der Waals surface area contributed by atoms with E-state index in [0.29, 0.717) is 11.7 Å². The maximum absolute atomic E-state index is 10.4. The number of nitrogens with one attached hydrogen (secondary N) is 1. The van der Waals surface area contributed by atoms with Gasteiger partial charge in [-0.2, -0.15) is 0 Å². The Bertz CT molecular complexity index is 274. The third-order valence-corrected chi connectivity index (χ3v) is 1.91. The van der Waals surface area contributed by atoms with Gasteiger partial charge in [-0.15, -0.1) is 11.3 Å². The number of aliphatic hydroxyl groups excluding tert-OH is 1. The molecule has 6 heteroatoms. The van der Waals surface area contributed by atoms with Gasteiger partial charge < -0.3 is 15.5 Å². The van der Waals surface area contributed by atoms with Gasteiger partial charge in [-0.1, -0.05) is 0 Å². The molecule has 1 aromatic rings. The number of carbonyl (C=O) groups is 1. The second-order valence-electron chi connectivity index (χ2n) is 1.99. The van der Waals surface area contributed by atoms with Crippen LogP contribution in [0.5, 0.6) is 0 Å². The lowest BCUT2D eigenvalue weighted by atomic mass is 10.5. The van der Waals surface area contributed by atoms with E-state index in [1.807, 2.05) is 0 Å². The summed E-state index contributed by atoms with van der Waals surface area (Å²) in [6, 6.07) is 0. The van der Waals surface area contributed by atoms with Crippen molar-refractivity contribution < 1.29 is 15.0 Å². The first kappa shape index (κ1) is 8.95. The molecule has 0 amide bonds. The summed E-state index contributed by atoms with van der Waals surface area (Å²) in [7, 11) is 0. The van der Waals surface area contributed by atoms with E-state index in [4.69, 9.17) is 10.2 Å². The van der Waals surface area contributed by atoms with Crippen LogP contribution in [0.1, 0.15) is 10.5 Å². The Morgan fingerprint density at radius 2 is 2.50 bits per heavy atom. The van der Waals surface area contributed by atoms with Crippen LogP contribution in [0.15, 0.2) is 5.38 Å². The summed E-state index contributed by atoms with van der Waals surface area (Å²) in [5.74, 6) is -1.04. The first-order valence-corrected chi connectivity index (χ1v) is 4.15. The van der Waals surface area contributed by atoms with Crippen molar-refractivity contribution in [3.8, 4) is 0 Å². The number of aromatic carboxylic acids is 1. The second-order valence-corrected chi connectivity index (χ2v) is 2.85. The molecule has 0 unspecified atom stereocenters. The highest BCUT2D eigenvalue weighted by Crippen LogP contribution is 2.14. The van der Waals surface area contributed by atoms with Crippen LogP contribution in [-0.2, 0) is 0 Å². The summed E-state index contributed by atoms with van der Waals surface area (Å²) in [5, 5.41) is 21.7. The van der Waals surface area contributed by atoms with E-state index in [0.717, 1.165) is 0 Å². The van der Waals surface area contributed by atoms with Crippen LogP contribution in [0.3, 0.4) is 0 Å². The van der Waals surface area contributed by atoms with E-state index in [9.17, 15) is 4.79 Å². The molecule has 1 rings (SSSR count). The van der Waals surface area contributed by atoms with Crippen molar-refractivity contribution in [1.82, 2.24) is 4.98 Å². The van der Waals surface area contributed by atoms with Gasteiger partial charge in [-0.05, 0) is 0 Å². The molecule has 0 fully saturated rings. The third kappa shape index (κ3) is 2.18. The van der Waals surface area contributed by atoms with Crippen LogP contribution in [0.4, 0.5) is 5.13 Å². The van der Waals surface area contributed by atoms with Gasteiger partial charge in [0.25, 0.3) is 0 Å². The van der Waals surface area contributed by atoms with Gasteiger partial charge in [0.05, 0.1) is 6.61 Å². The molecule has 5 nitrogen and oxygen atoms in total. The van der Waals surface area contributed by atoms with E-state index < -0.39 is 5.97 Å². The van der Waals surface area contributed by atoms with Gasteiger partial charge in [0, 0.05) is 11.9 Å². The van der Waals surface area contributed by atoms with Gasteiger partial charge in [-0.3, -0.25) is 0 Å². The number of rotatable bonds is 4. The zero-order valence-corrected chi connectivity index (χ0v) is 6.97. The van der Waals surface area contributed by atoms with Crippen molar-refractivity contribution in [1.29, 1.82) is 0 Å². The fourth-order valence-electron chi connectivity index (χ4n) is 0.616. The molecule has 1 heterocycles. The normalized spacial score (nSPS) is 9.75. The average Bonchev–Trinajstić information content (AvgIpc) is 2.48. The van der Waals surface area contributed by atoms with E-state index in [-0.39, 0.29) is 12.3 Å². The molecule has 0 radical (unpaired) electrons. The van der Waals surface area contributed by atoms with Crippen molar-refractivity contribution in [3.05, 3.63) is 11.1 Å². The number of carboxylic acids is 1. The number of hydrogen-bond acceptors (Lipinski definition) is 5. The monoisotopic (exact) mass is 188 g/mol. The van der Waals surface area contributed by atoms with Crippen LogP contribution in [0, 0.1) is 0 Å². The van der Waals surface area contributed by atoms with Crippen molar-refractivity contribution >= 4 is 22.4 Å². The minimum absolute atomic E-state index is 0.00197. The first-order valence-electron chi connectivity index (χ1n) is 3.27. The molecule has 0 aliphatic heterocycles. The maximum atomic E-state index is 10.4. The number of carboxylic acid groups (broad SMARTS) is 1. The Labute approximate surface area is 72.7 Å². The number of nitrogens with zero attached hydrogens (tertiary/aromatic N) is 1. The van der Waals surface area contributed by atoms with Crippen LogP contribution in [0.2, 0.25) is 0 Å². The highest BCUT2D eigenvalue weighted by atomic mass is 32.1. The van der Waals surface area contributed by atoms with Crippen molar-refractivity contribution in [2.45, 2.75) is 0 Å². The van der Waals surface area contributed by atoms with Crippen molar-refractivity contribution in [3.63, 3.8) is 0 Å². The average molecular weight is 188 g/mol. The molecule has 0 aromatic carbocycles. The highest BCUT2D eigenvalue weighted by molar-refractivity contribution is 7.13. The van der Waals surface area contributed by atoms with Crippen LogP contribution < -0.4 is 5.32 Å². The van der Waals surface area contributed by atoms with Crippen molar-refractivity contribution in [2.24, 2.45) is 0 Å². The molecular weight excluding hydrogens is 180 g/mol. The molecule has 66 valence electrons. The van der Waals surface area contributed by atoms with E-state index in [1.54, 1.807) is 0 Å². The van der Waals surface area contributed by atoms with Crippen molar-refractivity contribution in [2.75, 3.05) is 18.5 Å². The Balaban J connectivity index is 2.58. The molecule has 0 spiro atoms. The minimum atomic E-state index is -1.04. The predicted octanol–water partition coefficient (Wildman–Crippen LogP) is 0.245. The van der Waals surface area contributed by atoms with E-state index >= 15 is 0 Å². The number of aliphatic hydroxyl groups is 1. The Kier molecular flexibility index (Phi) is 3.01. The summed E-state index contributed by atoms with van der Waals surface area (Å²) in [6.45, 7) is 0.383. The second kappa shape index (κ2) is 4.03. The highest BCUT2D eigenvalue weighted by Gasteiger charge is 2.07. The Hall–Kier alpha value is -1.14. The largest absolute Gasteiger partial charge is 0.476 e. The lowest BCUT2D eigenvalue weighted by molar-refractivity contribution is 0.0691. The van der Waals surface area contributed by atoms with Gasteiger partial charge in [0.1, 0.15) is 0 Å². The predicted molar refractivity (Wildman–Crippen MR) is 44.6 cm³/mol. The standard InChI is InChI=1S/C6H8N2O3S/c9-2-1-7-6-8-4(3-12-6)5(10)11/h3,9H,1-2H2,(H,7,8)(H,10,11). The fraction of sp³-hybridized carbons (Fsp3) is 0.333. The SMILES string of the molecule is O=C(O)c1csc(NCCO)n1. The molecule has 0 bridgehead atoms. The van der Waals surface area contributed by atoms with Crippen LogP contribution in [0.25, 0.3) is 0 Å². The number of hydrogen-bond donors (Lipinski definition) is 3. The van der Waals surface area contributed by atoms with Gasteiger partial charge >= 0.3 is 5.97 Å². The number of thiazole rings is 1. The molecule has 0 aliphatic carbocycles. The molecular formula is C6H8N2O3S. The molecule has 1 aromatic heterocycles. The molecule has 0 atom stereocenters. The summed E-state index contributed by atoms with van der Waals surface area (Å²) in [4.78, 5) is 14.1. The maximum Gasteiger partial charge on any atom is 0.355 e. The Morgan fingerprint density at radius 1 is 1.75 bits per heavy atom. The number of anilines is 1. The van der Waals surface area contributed by atoms with Gasteiger partial charge in [-0.25, -0.2) is 9.78 Å². The summed E-state index contributed by atoms with van der Waals surface area (Å²) >= 11 is 1.20. The summed E-state index contributed by atoms with van der Waals surface area (Å²) in [5.41, 5.74) is 0.0282. The van der Waals surface area contributed by atoms with Gasteiger partial charge in [0.15, 0.2) is 10.8 Å².